The van der Waals surface area contributed by atoms with Crippen LogP contribution in [0.1, 0.15) is 13.8 Å². The average Bonchev–Trinajstić information content (AvgIpc) is 1.59. The molecule has 0 aliphatic rings. The number of thiol groups is 1. The van der Waals surface area contributed by atoms with Crippen LogP contribution >= 0.6 is 0 Å². The lowest BCUT2D eigenvalue weighted by molar-refractivity contribution is -0.0213. The molecule has 0 spiro atoms. The van der Waals surface area contributed by atoms with E-state index in [-0.39, 0.29) is 0 Å². The van der Waals surface area contributed by atoms with Crippen molar-refractivity contribution in [2.24, 2.45) is 0 Å². The van der Waals surface area contributed by atoms with Gasteiger partial charge in [0.05, 0.1) is 0 Å². The van der Waals surface area contributed by atoms with Crippen molar-refractivity contribution in [2.45, 2.75) is 26.3 Å². The van der Waals surface area contributed by atoms with E-state index in [9.17, 15) is 8.42 Å². The molecule has 0 rings (SSSR count). The van der Waals surface area contributed by atoms with Crippen LogP contribution in [-0.2, 0) is 10.9 Å². The summed E-state index contributed by atoms with van der Waals surface area (Å²) in [5, 5.41) is 17.5. The Morgan fingerprint density at radius 3 is 1.50 bits per heavy atom. The molecule has 0 bridgehead atoms. The summed E-state index contributed by atoms with van der Waals surface area (Å²) in [7, 11) is -2.91. The zero-order valence-electron chi connectivity index (χ0n) is 5.76. The van der Waals surface area contributed by atoms with Crippen molar-refractivity contribution in [2.75, 3.05) is 0 Å². The van der Waals surface area contributed by atoms with Crippen LogP contribution in [0.25, 0.3) is 0 Å². The molecule has 0 aromatic rings. The second-order valence-corrected chi connectivity index (χ2v) is 2.82. The van der Waals surface area contributed by atoms with Gasteiger partial charge in [-0.05, 0) is 13.8 Å². The van der Waals surface area contributed by atoms with Crippen LogP contribution in [-0.4, -0.2) is 35.4 Å². The number of rotatable bonds is 3. The van der Waals surface area contributed by atoms with Gasteiger partial charge in [-0.25, -0.2) is 8.42 Å². The maximum absolute atomic E-state index is 10.2. The Hall–Kier alpha value is -0.170. The minimum atomic E-state index is -2.91. The zero-order valence-corrected chi connectivity index (χ0v) is 6.65. The molecule has 0 aromatic carbocycles. The summed E-state index contributed by atoms with van der Waals surface area (Å²) in [4.78, 5) is 0. The summed E-state index contributed by atoms with van der Waals surface area (Å²) in [5.74, 6) is 0. The molecule has 0 radical (unpaired) electrons. The SMILES string of the molecule is CC(O)N(C(C)O)[SH](=O)=O. The molecule has 0 heterocycles. The summed E-state index contributed by atoms with van der Waals surface area (Å²) >= 11 is 0. The molecule has 0 saturated carbocycles. The molecule has 0 fully saturated rings. The second kappa shape index (κ2) is 3.87. The van der Waals surface area contributed by atoms with Crippen LogP contribution in [0.15, 0.2) is 0 Å². The van der Waals surface area contributed by atoms with E-state index < -0.39 is 23.3 Å². The molecular formula is C4H11NO4S. The topological polar surface area (TPSA) is 77.8 Å². The molecule has 2 unspecified atom stereocenters. The number of aliphatic hydroxyl groups excluding tert-OH is 2. The summed E-state index contributed by atoms with van der Waals surface area (Å²) in [6.07, 6.45) is -2.36. The lowest BCUT2D eigenvalue weighted by Crippen LogP contribution is -2.38. The normalized spacial score (nSPS) is 17.8. The molecule has 0 saturated heterocycles. The lowest BCUT2D eigenvalue weighted by atomic mass is 10.6. The van der Waals surface area contributed by atoms with Crippen LogP contribution in [0.3, 0.4) is 0 Å². The van der Waals surface area contributed by atoms with Crippen LogP contribution in [0.4, 0.5) is 0 Å². The summed E-state index contributed by atoms with van der Waals surface area (Å²) in [6, 6.07) is 0. The highest BCUT2D eigenvalue weighted by Gasteiger charge is 2.17. The molecule has 6 heteroatoms. The molecule has 0 aliphatic carbocycles. The number of aliphatic hydroxyl groups is 2. The predicted octanol–water partition coefficient (Wildman–Crippen LogP) is -1.51. The molecule has 5 nitrogen and oxygen atoms in total. The molecular weight excluding hydrogens is 158 g/mol. The second-order valence-electron chi connectivity index (χ2n) is 1.88. The minimum absolute atomic E-state index is 0.565. The Morgan fingerprint density at radius 2 is 1.50 bits per heavy atom. The van der Waals surface area contributed by atoms with E-state index in [1.165, 1.54) is 13.8 Å². The van der Waals surface area contributed by atoms with Gasteiger partial charge >= 0.3 is 0 Å². The largest absolute Gasteiger partial charge is 0.378 e. The Bertz CT molecular complexity index is 149. The van der Waals surface area contributed by atoms with Crippen molar-refractivity contribution < 1.29 is 18.6 Å². The first kappa shape index (κ1) is 9.83. The molecule has 0 amide bonds. The Morgan fingerprint density at radius 1 is 1.20 bits per heavy atom. The standard InChI is InChI=1S/C4H11NO4S/c1-3(6)5(4(2)7)10(8)9/h3-4,6-7,10H,1-2H3. The van der Waals surface area contributed by atoms with E-state index >= 15 is 0 Å². The number of hydrogen-bond donors (Lipinski definition) is 3. The fraction of sp³-hybridized carbons (Fsp3) is 1.00. The summed E-state index contributed by atoms with van der Waals surface area (Å²) in [5.41, 5.74) is 0. The van der Waals surface area contributed by atoms with Crippen LogP contribution in [0.2, 0.25) is 0 Å². The van der Waals surface area contributed by atoms with Gasteiger partial charge < -0.3 is 10.2 Å². The van der Waals surface area contributed by atoms with Gasteiger partial charge in [0, 0.05) is 0 Å². The smallest absolute Gasteiger partial charge is 0.208 e. The lowest BCUT2D eigenvalue weighted by Gasteiger charge is -2.20. The van der Waals surface area contributed by atoms with Gasteiger partial charge in [0.15, 0.2) is 0 Å². The van der Waals surface area contributed by atoms with Crippen LogP contribution in [0, 0.1) is 0 Å². The van der Waals surface area contributed by atoms with Gasteiger partial charge in [-0.2, -0.15) is 4.31 Å². The maximum Gasteiger partial charge on any atom is 0.208 e. The molecule has 2 atom stereocenters. The van der Waals surface area contributed by atoms with E-state index in [0.717, 1.165) is 0 Å². The van der Waals surface area contributed by atoms with Gasteiger partial charge in [-0.1, -0.05) is 0 Å². The Kier molecular flexibility index (Phi) is 3.80. The third-order valence-electron chi connectivity index (χ3n) is 0.954. The maximum atomic E-state index is 10.2. The summed E-state index contributed by atoms with van der Waals surface area (Å²) in [6.45, 7) is 2.52. The number of nitrogens with zero attached hydrogens (tertiary/aromatic N) is 1. The average molecular weight is 169 g/mol. The van der Waals surface area contributed by atoms with E-state index in [2.05, 4.69) is 0 Å². The van der Waals surface area contributed by atoms with Crippen molar-refractivity contribution in [3.8, 4) is 0 Å². The molecule has 10 heavy (non-hydrogen) atoms. The van der Waals surface area contributed by atoms with E-state index in [4.69, 9.17) is 10.2 Å². The van der Waals surface area contributed by atoms with Gasteiger partial charge in [0.1, 0.15) is 12.5 Å². The summed E-state index contributed by atoms with van der Waals surface area (Å²) < 4.78 is 21.0. The van der Waals surface area contributed by atoms with E-state index in [0.29, 0.717) is 4.31 Å². The first-order valence-corrected chi connectivity index (χ1v) is 3.88. The first-order chi connectivity index (χ1) is 4.46. The van der Waals surface area contributed by atoms with E-state index in [1.807, 2.05) is 0 Å². The van der Waals surface area contributed by atoms with Crippen molar-refractivity contribution in [3.63, 3.8) is 0 Å². The monoisotopic (exact) mass is 169 g/mol. The minimum Gasteiger partial charge on any atom is -0.378 e. The van der Waals surface area contributed by atoms with E-state index in [1.54, 1.807) is 0 Å². The highest BCUT2D eigenvalue weighted by atomic mass is 32.2. The molecule has 0 aromatic heterocycles. The Balaban J connectivity index is 4.27. The van der Waals surface area contributed by atoms with Gasteiger partial charge in [0.2, 0.25) is 10.9 Å². The highest BCUT2D eigenvalue weighted by molar-refractivity contribution is 7.69. The Labute approximate surface area is 61.0 Å². The number of hydrogen-bond acceptors (Lipinski definition) is 4. The van der Waals surface area contributed by atoms with Crippen molar-refractivity contribution in [3.05, 3.63) is 0 Å². The van der Waals surface area contributed by atoms with Gasteiger partial charge in [0.25, 0.3) is 0 Å². The predicted molar refractivity (Wildman–Crippen MR) is 35.5 cm³/mol. The van der Waals surface area contributed by atoms with Crippen molar-refractivity contribution in [1.82, 2.24) is 4.31 Å². The molecule has 0 aliphatic heterocycles. The fourth-order valence-corrected chi connectivity index (χ4v) is 1.13. The quantitative estimate of drug-likeness (QED) is 0.354. The first-order valence-electron chi connectivity index (χ1n) is 2.75. The third kappa shape index (κ3) is 2.61. The van der Waals surface area contributed by atoms with Gasteiger partial charge in [-0.15, -0.1) is 0 Å². The third-order valence-corrected chi connectivity index (χ3v) is 2.00. The van der Waals surface area contributed by atoms with Gasteiger partial charge in [-0.3, -0.25) is 0 Å². The van der Waals surface area contributed by atoms with Crippen molar-refractivity contribution in [1.29, 1.82) is 0 Å². The molecule has 62 valence electrons. The van der Waals surface area contributed by atoms with Crippen molar-refractivity contribution >= 4 is 10.9 Å². The fourth-order valence-electron chi connectivity index (χ4n) is 0.585. The van der Waals surface area contributed by atoms with Crippen LogP contribution < -0.4 is 0 Å². The molecule has 2 N–H and O–H groups in total. The van der Waals surface area contributed by atoms with Crippen LogP contribution in [0.5, 0.6) is 0 Å². The highest BCUT2D eigenvalue weighted by Crippen LogP contribution is 1.99. The zero-order chi connectivity index (χ0) is 8.31.